The molecule has 1 aromatic heterocycles. The number of hydrogen-bond acceptors (Lipinski definition) is 1. The molecule has 2 N–H and O–H groups in total. The van der Waals surface area contributed by atoms with Crippen molar-refractivity contribution in [1.29, 1.82) is 0 Å². The van der Waals surface area contributed by atoms with Gasteiger partial charge in [0.25, 0.3) is 0 Å². The molecule has 1 unspecified atom stereocenters. The summed E-state index contributed by atoms with van der Waals surface area (Å²) in [6, 6.07) is 5.88. The van der Waals surface area contributed by atoms with E-state index >= 15 is 0 Å². The van der Waals surface area contributed by atoms with Gasteiger partial charge in [-0.15, -0.1) is 0 Å². The number of hydrogen-bond donors (Lipinski definition) is 2. The third-order valence-electron chi connectivity index (χ3n) is 3.42. The third kappa shape index (κ3) is 2.24. The van der Waals surface area contributed by atoms with Crippen molar-refractivity contribution in [3.8, 4) is 0 Å². The van der Waals surface area contributed by atoms with Crippen LogP contribution in [0.3, 0.4) is 0 Å². The second-order valence-electron chi connectivity index (χ2n) is 4.56. The lowest BCUT2D eigenvalue weighted by Gasteiger charge is -2.18. The topological polar surface area (TPSA) is 44.9 Å². The lowest BCUT2D eigenvalue weighted by Crippen LogP contribution is -2.31. The third-order valence-corrected chi connectivity index (χ3v) is 3.68. The molecule has 0 spiro atoms. The van der Waals surface area contributed by atoms with Gasteiger partial charge in [0.1, 0.15) is 4.49 Å². The van der Waals surface area contributed by atoms with Crippen LogP contribution < -0.4 is 5.32 Å². The Balaban J connectivity index is 2.27. The fourth-order valence-electron chi connectivity index (χ4n) is 2.61. The maximum Gasteiger partial charge on any atom is 0.231 e. The monoisotopic (exact) mass is 294 g/mol. The Morgan fingerprint density at radius 1 is 1.37 bits per heavy atom. The zero-order valence-corrected chi connectivity index (χ0v) is 11.6. The van der Waals surface area contributed by atoms with Crippen molar-refractivity contribution in [3.63, 3.8) is 0 Å². The minimum atomic E-state index is -0.455. The molecule has 1 aromatic carbocycles. The van der Waals surface area contributed by atoms with Gasteiger partial charge in [-0.3, -0.25) is 4.79 Å². The Kier molecular flexibility index (Phi) is 3.25. The van der Waals surface area contributed by atoms with Crippen LogP contribution >= 0.6 is 23.2 Å². The van der Waals surface area contributed by atoms with Gasteiger partial charge in [0.05, 0.1) is 5.92 Å². The van der Waals surface area contributed by atoms with Crippen LogP contribution in [-0.2, 0) is 11.2 Å². The highest BCUT2D eigenvalue weighted by atomic mass is 35.5. The molecule has 2 aromatic rings. The average Bonchev–Trinajstić information content (AvgIpc) is 2.78. The highest BCUT2D eigenvalue weighted by molar-refractivity contribution is 6.56. The van der Waals surface area contributed by atoms with Crippen molar-refractivity contribution >= 4 is 40.0 Å². The van der Waals surface area contributed by atoms with Crippen LogP contribution in [0, 0.1) is 0 Å². The van der Waals surface area contributed by atoms with Crippen molar-refractivity contribution in [1.82, 2.24) is 10.3 Å². The molecule has 1 aliphatic rings. The van der Waals surface area contributed by atoms with E-state index in [1.165, 1.54) is 5.56 Å². The minimum absolute atomic E-state index is 0.0712. The summed E-state index contributed by atoms with van der Waals surface area (Å²) in [7, 11) is 0. The summed E-state index contributed by atoms with van der Waals surface area (Å²) in [5.41, 5.74) is 3.17. The predicted molar refractivity (Wildman–Crippen MR) is 77.5 cm³/mol. The summed E-state index contributed by atoms with van der Waals surface area (Å²) in [4.78, 5) is 15.4. The molecule has 19 heavy (non-hydrogen) atoms. The number of aromatic amines is 1. The first-order valence-corrected chi connectivity index (χ1v) is 6.82. The molecule has 0 saturated heterocycles. The normalized spacial score (nSPS) is 18.6. The van der Waals surface area contributed by atoms with E-state index < -0.39 is 5.92 Å². The molecule has 0 radical (unpaired) electrons. The van der Waals surface area contributed by atoms with Crippen LogP contribution in [0.2, 0.25) is 0 Å². The minimum Gasteiger partial charge on any atom is -0.361 e. The van der Waals surface area contributed by atoms with E-state index in [4.69, 9.17) is 23.2 Å². The molecular weight excluding hydrogens is 283 g/mol. The van der Waals surface area contributed by atoms with Crippen molar-refractivity contribution in [2.75, 3.05) is 6.54 Å². The highest BCUT2D eigenvalue weighted by Crippen LogP contribution is 2.32. The van der Waals surface area contributed by atoms with Crippen molar-refractivity contribution in [2.24, 2.45) is 0 Å². The van der Waals surface area contributed by atoms with E-state index in [0.717, 1.165) is 22.9 Å². The average molecular weight is 295 g/mol. The highest BCUT2D eigenvalue weighted by Gasteiger charge is 2.24. The van der Waals surface area contributed by atoms with Crippen LogP contribution in [0.25, 0.3) is 10.9 Å². The Labute approximate surface area is 120 Å². The van der Waals surface area contributed by atoms with Gasteiger partial charge in [0, 0.05) is 23.6 Å². The van der Waals surface area contributed by atoms with Crippen LogP contribution in [0.5, 0.6) is 0 Å². The quantitative estimate of drug-likeness (QED) is 0.833. The Bertz CT molecular complexity index is 671. The number of carbonyl (C=O) groups excluding carboxylic acids is 1. The molecule has 1 atom stereocenters. The molecule has 0 saturated carbocycles. The number of nitrogens with one attached hydrogen (secondary N) is 2. The fraction of sp³-hybridized carbons (Fsp3) is 0.214. The maximum absolute atomic E-state index is 12.2. The second kappa shape index (κ2) is 4.91. The molecule has 0 bridgehead atoms. The number of rotatable bonds is 1. The summed E-state index contributed by atoms with van der Waals surface area (Å²) in [6.45, 7) is 0.615. The molecular formula is C14H12Cl2N2O. The molecule has 1 amide bonds. The fourth-order valence-corrected chi connectivity index (χ4v) is 2.86. The van der Waals surface area contributed by atoms with Gasteiger partial charge >= 0.3 is 0 Å². The van der Waals surface area contributed by atoms with Crippen molar-refractivity contribution < 1.29 is 4.79 Å². The summed E-state index contributed by atoms with van der Waals surface area (Å²) in [6.07, 6.45) is 4.39. The van der Waals surface area contributed by atoms with E-state index in [1.807, 2.05) is 24.4 Å². The SMILES string of the molecule is O=C1NCCc2c[nH]c3cccc(c23)C1C=C(Cl)Cl. The zero-order chi connectivity index (χ0) is 13.4. The van der Waals surface area contributed by atoms with Crippen LogP contribution in [-0.4, -0.2) is 17.4 Å². The lowest BCUT2D eigenvalue weighted by atomic mass is 9.91. The van der Waals surface area contributed by atoms with Crippen molar-refractivity contribution in [2.45, 2.75) is 12.3 Å². The van der Waals surface area contributed by atoms with E-state index in [0.29, 0.717) is 6.54 Å². The largest absolute Gasteiger partial charge is 0.361 e. The number of benzene rings is 1. The van der Waals surface area contributed by atoms with Crippen LogP contribution in [0.1, 0.15) is 17.0 Å². The standard InChI is InChI=1S/C14H12Cl2N2O/c15-12(16)6-10-9-2-1-3-11-13(9)8(7-18-11)4-5-17-14(10)19/h1-3,6-7,10,18H,4-5H2,(H,17,19). The Hall–Kier alpha value is -1.45. The first-order valence-electron chi connectivity index (χ1n) is 6.06. The molecule has 1 aliphatic heterocycles. The van der Waals surface area contributed by atoms with Gasteiger partial charge in [-0.25, -0.2) is 0 Å². The van der Waals surface area contributed by atoms with Gasteiger partial charge in [-0.05, 0) is 29.7 Å². The summed E-state index contributed by atoms with van der Waals surface area (Å²) >= 11 is 11.5. The molecule has 3 rings (SSSR count). The molecule has 0 fully saturated rings. The summed E-state index contributed by atoms with van der Waals surface area (Å²) in [5.74, 6) is -0.526. The number of aromatic nitrogens is 1. The smallest absolute Gasteiger partial charge is 0.231 e. The van der Waals surface area contributed by atoms with Gasteiger partial charge in [-0.1, -0.05) is 35.3 Å². The van der Waals surface area contributed by atoms with Gasteiger partial charge in [0.15, 0.2) is 0 Å². The maximum atomic E-state index is 12.2. The van der Waals surface area contributed by atoms with Crippen molar-refractivity contribution in [3.05, 3.63) is 46.1 Å². The summed E-state index contributed by atoms with van der Waals surface area (Å²) in [5, 5.41) is 4.00. The molecule has 3 nitrogen and oxygen atoms in total. The van der Waals surface area contributed by atoms with Crippen LogP contribution in [0.15, 0.2) is 35.0 Å². The second-order valence-corrected chi connectivity index (χ2v) is 5.57. The number of amides is 1. The molecule has 2 heterocycles. The van der Waals surface area contributed by atoms with Gasteiger partial charge < -0.3 is 10.3 Å². The van der Waals surface area contributed by atoms with E-state index in [-0.39, 0.29) is 10.4 Å². The molecule has 98 valence electrons. The van der Waals surface area contributed by atoms with E-state index in [1.54, 1.807) is 6.08 Å². The Morgan fingerprint density at radius 2 is 2.21 bits per heavy atom. The van der Waals surface area contributed by atoms with Crippen LogP contribution in [0.4, 0.5) is 0 Å². The first kappa shape index (κ1) is 12.6. The zero-order valence-electron chi connectivity index (χ0n) is 10.0. The Morgan fingerprint density at radius 3 is 3.00 bits per heavy atom. The predicted octanol–water partition coefficient (Wildman–Crippen LogP) is 3.24. The number of H-pyrrole nitrogens is 1. The van der Waals surface area contributed by atoms with E-state index in [2.05, 4.69) is 10.3 Å². The first-order chi connectivity index (χ1) is 9.16. The van der Waals surface area contributed by atoms with E-state index in [9.17, 15) is 4.79 Å². The van der Waals surface area contributed by atoms with Gasteiger partial charge in [0.2, 0.25) is 5.91 Å². The number of halogens is 2. The lowest BCUT2D eigenvalue weighted by molar-refractivity contribution is -0.121. The van der Waals surface area contributed by atoms with Gasteiger partial charge in [-0.2, -0.15) is 0 Å². The molecule has 5 heteroatoms. The number of carbonyl (C=O) groups is 1. The summed E-state index contributed by atoms with van der Waals surface area (Å²) < 4.78 is 0.106. The molecule has 0 aliphatic carbocycles.